The van der Waals surface area contributed by atoms with Crippen molar-refractivity contribution in [2.75, 3.05) is 5.01 Å². The molecular weight excluding hydrogens is 280 g/mol. The van der Waals surface area contributed by atoms with Crippen LogP contribution in [0.25, 0.3) is 10.9 Å². The first-order valence-corrected chi connectivity index (χ1v) is 7.60. The molecule has 0 bridgehead atoms. The molecular formula is C16H16N4O2. The van der Waals surface area contributed by atoms with Crippen LogP contribution in [-0.4, -0.2) is 21.8 Å². The Morgan fingerprint density at radius 2 is 1.82 bits per heavy atom. The normalized spacial score (nSPS) is 25.0. The van der Waals surface area contributed by atoms with Crippen LogP contribution < -0.4 is 10.4 Å². The Balaban J connectivity index is 1.78. The van der Waals surface area contributed by atoms with Gasteiger partial charge in [-0.05, 0) is 25.0 Å². The van der Waals surface area contributed by atoms with Crippen LogP contribution in [0.1, 0.15) is 25.7 Å². The molecule has 1 saturated heterocycles. The molecule has 6 heteroatoms. The zero-order valence-electron chi connectivity index (χ0n) is 12.0. The number of anilines is 1. The fraction of sp³-hybridized carbons (Fsp3) is 0.375. The number of nitrogens with one attached hydrogen (secondary N) is 1. The van der Waals surface area contributed by atoms with E-state index in [-0.39, 0.29) is 23.7 Å². The van der Waals surface area contributed by atoms with E-state index in [0.29, 0.717) is 5.82 Å². The largest absolute Gasteiger partial charge is 0.273 e. The van der Waals surface area contributed by atoms with Crippen LogP contribution in [0.5, 0.6) is 0 Å². The van der Waals surface area contributed by atoms with Gasteiger partial charge in [0.2, 0.25) is 5.91 Å². The van der Waals surface area contributed by atoms with Crippen LogP contribution in [0.4, 0.5) is 5.82 Å². The summed E-state index contributed by atoms with van der Waals surface area (Å²) in [6, 6.07) is 7.47. The van der Waals surface area contributed by atoms with Gasteiger partial charge in [0.1, 0.15) is 6.33 Å². The minimum Gasteiger partial charge on any atom is -0.273 e. The van der Waals surface area contributed by atoms with Crippen molar-refractivity contribution in [1.29, 1.82) is 0 Å². The van der Waals surface area contributed by atoms with E-state index in [1.54, 1.807) is 0 Å². The second-order valence-corrected chi connectivity index (χ2v) is 5.86. The molecule has 22 heavy (non-hydrogen) atoms. The van der Waals surface area contributed by atoms with Gasteiger partial charge in [-0.15, -0.1) is 0 Å². The summed E-state index contributed by atoms with van der Waals surface area (Å²) in [6.07, 6.45) is 5.00. The Hall–Kier alpha value is -2.50. The molecule has 2 fully saturated rings. The third-order valence-electron chi connectivity index (χ3n) is 4.60. The SMILES string of the molecule is O=C1NN(c2ncnc3ccccc23)C(=O)[C@H]2CCCC[C@H]12. The summed E-state index contributed by atoms with van der Waals surface area (Å²) >= 11 is 0. The summed E-state index contributed by atoms with van der Waals surface area (Å²) in [5, 5.41) is 2.08. The zero-order valence-corrected chi connectivity index (χ0v) is 12.0. The average Bonchev–Trinajstić information content (AvgIpc) is 2.58. The third-order valence-corrected chi connectivity index (χ3v) is 4.60. The van der Waals surface area contributed by atoms with E-state index in [4.69, 9.17) is 0 Å². The Morgan fingerprint density at radius 1 is 1.05 bits per heavy atom. The molecule has 2 amide bonds. The maximum absolute atomic E-state index is 12.8. The first-order valence-electron chi connectivity index (χ1n) is 7.60. The molecule has 6 nitrogen and oxygen atoms in total. The number of hydrazine groups is 1. The van der Waals surface area contributed by atoms with Gasteiger partial charge in [-0.25, -0.2) is 15.0 Å². The lowest BCUT2D eigenvalue weighted by Crippen LogP contribution is -2.60. The average molecular weight is 296 g/mol. The highest BCUT2D eigenvalue weighted by molar-refractivity contribution is 6.07. The molecule has 0 radical (unpaired) electrons. The number of fused-ring (bicyclic) bond motifs is 2. The van der Waals surface area contributed by atoms with Gasteiger partial charge in [-0.1, -0.05) is 25.0 Å². The van der Waals surface area contributed by atoms with Gasteiger partial charge in [-0.2, -0.15) is 0 Å². The van der Waals surface area contributed by atoms with Crippen molar-refractivity contribution < 1.29 is 9.59 Å². The number of hydrogen-bond donors (Lipinski definition) is 1. The van der Waals surface area contributed by atoms with Crippen LogP contribution in [0, 0.1) is 11.8 Å². The second-order valence-electron chi connectivity index (χ2n) is 5.86. The standard InChI is InChI=1S/C16H16N4O2/c21-15-10-5-1-2-6-11(10)16(22)20(19-15)14-12-7-3-4-8-13(12)17-9-18-14/h3-4,7-11H,1-2,5-6H2,(H,19,21)/t10-,11-/m0/s1. The molecule has 4 rings (SSSR count). The van der Waals surface area contributed by atoms with Gasteiger partial charge in [0.05, 0.1) is 17.4 Å². The fourth-order valence-corrected chi connectivity index (χ4v) is 3.48. The Morgan fingerprint density at radius 3 is 2.68 bits per heavy atom. The molecule has 2 heterocycles. The molecule has 1 aliphatic carbocycles. The summed E-state index contributed by atoms with van der Waals surface area (Å²) in [5.74, 6) is -0.102. The van der Waals surface area contributed by atoms with Gasteiger partial charge in [0.25, 0.3) is 5.91 Å². The molecule has 0 unspecified atom stereocenters. The molecule has 1 saturated carbocycles. The Labute approximate surface area is 127 Å². The quantitative estimate of drug-likeness (QED) is 0.871. The van der Waals surface area contributed by atoms with Crippen LogP contribution >= 0.6 is 0 Å². The van der Waals surface area contributed by atoms with Crippen molar-refractivity contribution in [3.8, 4) is 0 Å². The maximum Gasteiger partial charge on any atom is 0.251 e. The summed E-state index contributed by atoms with van der Waals surface area (Å²) in [6.45, 7) is 0. The molecule has 1 aliphatic heterocycles. The summed E-state index contributed by atoms with van der Waals surface area (Å²) in [7, 11) is 0. The van der Waals surface area contributed by atoms with Gasteiger partial charge < -0.3 is 0 Å². The van der Waals surface area contributed by atoms with Crippen molar-refractivity contribution in [2.24, 2.45) is 11.8 Å². The fourth-order valence-electron chi connectivity index (χ4n) is 3.48. The Kier molecular flexibility index (Phi) is 3.03. The number of amides is 2. The number of nitrogens with zero attached hydrogens (tertiary/aromatic N) is 3. The minimum absolute atomic E-state index is 0.0619. The van der Waals surface area contributed by atoms with Crippen LogP contribution in [-0.2, 0) is 9.59 Å². The lowest BCUT2D eigenvalue weighted by atomic mass is 9.77. The number of benzene rings is 1. The highest BCUT2D eigenvalue weighted by atomic mass is 16.2. The summed E-state index contributed by atoms with van der Waals surface area (Å²) in [5.41, 5.74) is 3.48. The number of carbonyl (C=O) groups excluding carboxylic acids is 2. The molecule has 1 aromatic heterocycles. The number of aromatic nitrogens is 2. The smallest absolute Gasteiger partial charge is 0.251 e. The minimum atomic E-state index is -0.226. The Bertz CT molecular complexity index is 755. The summed E-state index contributed by atoms with van der Waals surface area (Å²) in [4.78, 5) is 33.6. The number of para-hydroxylation sites is 1. The van der Waals surface area contributed by atoms with E-state index in [9.17, 15) is 9.59 Å². The molecule has 112 valence electrons. The van der Waals surface area contributed by atoms with Gasteiger partial charge in [0.15, 0.2) is 5.82 Å². The monoisotopic (exact) mass is 296 g/mol. The van der Waals surface area contributed by atoms with E-state index >= 15 is 0 Å². The molecule has 1 aromatic carbocycles. The predicted molar refractivity (Wildman–Crippen MR) is 80.6 cm³/mol. The van der Waals surface area contributed by atoms with Crippen molar-refractivity contribution in [2.45, 2.75) is 25.7 Å². The van der Waals surface area contributed by atoms with E-state index < -0.39 is 0 Å². The molecule has 1 N–H and O–H groups in total. The van der Waals surface area contributed by atoms with Crippen LogP contribution in [0.3, 0.4) is 0 Å². The van der Waals surface area contributed by atoms with Crippen LogP contribution in [0.2, 0.25) is 0 Å². The third kappa shape index (κ3) is 1.94. The van der Waals surface area contributed by atoms with Gasteiger partial charge in [-0.3, -0.25) is 15.0 Å². The lowest BCUT2D eigenvalue weighted by molar-refractivity contribution is -0.141. The topological polar surface area (TPSA) is 75.2 Å². The maximum atomic E-state index is 12.8. The number of carbonyl (C=O) groups is 2. The molecule has 2 aromatic rings. The second kappa shape index (κ2) is 5.05. The zero-order chi connectivity index (χ0) is 15.1. The van der Waals surface area contributed by atoms with E-state index in [1.165, 1.54) is 11.3 Å². The predicted octanol–water partition coefficient (Wildman–Crippen LogP) is 1.81. The number of hydrogen-bond acceptors (Lipinski definition) is 4. The first-order chi connectivity index (χ1) is 10.8. The summed E-state index contributed by atoms with van der Waals surface area (Å²) < 4.78 is 0. The van der Waals surface area contributed by atoms with Crippen molar-refractivity contribution in [3.05, 3.63) is 30.6 Å². The highest BCUT2D eigenvalue weighted by Crippen LogP contribution is 2.36. The van der Waals surface area contributed by atoms with E-state index in [1.807, 2.05) is 24.3 Å². The van der Waals surface area contributed by atoms with Crippen molar-refractivity contribution in [3.63, 3.8) is 0 Å². The van der Waals surface area contributed by atoms with E-state index in [2.05, 4.69) is 15.4 Å². The van der Waals surface area contributed by atoms with Crippen molar-refractivity contribution in [1.82, 2.24) is 15.4 Å². The molecule has 2 atom stereocenters. The number of rotatable bonds is 1. The first kappa shape index (κ1) is 13.2. The molecule has 2 aliphatic rings. The van der Waals surface area contributed by atoms with Gasteiger partial charge >= 0.3 is 0 Å². The van der Waals surface area contributed by atoms with E-state index in [0.717, 1.165) is 36.6 Å². The molecule has 0 spiro atoms. The van der Waals surface area contributed by atoms with Crippen LogP contribution in [0.15, 0.2) is 30.6 Å². The van der Waals surface area contributed by atoms with Crippen molar-refractivity contribution >= 4 is 28.5 Å². The van der Waals surface area contributed by atoms with Gasteiger partial charge in [0, 0.05) is 5.39 Å². The lowest BCUT2D eigenvalue weighted by Gasteiger charge is -2.39. The highest BCUT2D eigenvalue weighted by Gasteiger charge is 2.44.